The highest BCUT2D eigenvalue weighted by Gasteiger charge is 2.27. The average Bonchev–Trinajstić information content (AvgIpc) is 2.47. The van der Waals surface area contributed by atoms with E-state index >= 15 is 0 Å². The van der Waals surface area contributed by atoms with Crippen molar-refractivity contribution in [2.75, 3.05) is 13.1 Å². The van der Waals surface area contributed by atoms with Gasteiger partial charge in [-0.05, 0) is 19.3 Å². The maximum atomic E-state index is 10.7. The van der Waals surface area contributed by atoms with Gasteiger partial charge in [0.05, 0.1) is 5.57 Å². The van der Waals surface area contributed by atoms with Crippen molar-refractivity contribution in [3.05, 3.63) is 11.3 Å². The summed E-state index contributed by atoms with van der Waals surface area (Å²) < 4.78 is 0. The Morgan fingerprint density at radius 2 is 2.33 bits per heavy atom. The van der Waals surface area contributed by atoms with E-state index in [9.17, 15) is 4.79 Å². The molecule has 0 aromatic carbocycles. The second kappa shape index (κ2) is 2.79. The number of nitrogens with one attached hydrogen (secondary N) is 1. The number of aliphatic carboxylic acids is 1. The Morgan fingerprint density at radius 3 is 3.08 bits per heavy atom. The minimum atomic E-state index is -0.776. The van der Waals surface area contributed by atoms with E-state index in [-0.39, 0.29) is 0 Å². The molecule has 2 rings (SSSR count). The summed E-state index contributed by atoms with van der Waals surface area (Å²) in [4.78, 5) is 10.7. The van der Waals surface area contributed by atoms with Crippen molar-refractivity contribution in [2.24, 2.45) is 0 Å². The van der Waals surface area contributed by atoms with Crippen molar-refractivity contribution in [1.29, 1.82) is 0 Å². The molecule has 2 heterocycles. The summed E-state index contributed by atoms with van der Waals surface area (Å²) in [7, 11) is 0. The van der Waals surface area contributed by atoms with Gasteiger partial charge in [-0.2, -0.15) is 0 Å². The normalized spacial score (nSPS) is 22.8. The number of piperidine rings is 1. The monoisotopic (exact) mass is 168 g/mol. The Hall–Kier alpha value is -1.03. The summed E-state index contributed by atoms with van der Waals surface area (Å²) in [6.07, 6.45) is 3.18. The molecule has 0 aromatic heterocycles. The fourth-order valence-electron chi connectivity index (χ4n) is 1.80. The number of carboxylic acids is 1. The summed E-state index contributed by atoms with van der Waals surface area (Å²) >= 11 is 0. The first-order valence-electron chi connectivity index (χ1n) is 4.25. The molecule has 0 saturated carbocycles. The summed E-state index contributed by atoms with van der Waals surface area (Å²) in [6, 6.07) is 0. The van der Waals surface area contributed by atoms with E-state index in [0.717, 1.165) is 31.5 Å². The molecular formula is C8H12N2O2. The molecule has 0 aromatic rings. The zero-order chi connectivity index (χ0) is 8.55. The average molecular weight is 168 g/mol. The molecule has 0 bridgehead atoms. The van der Waals surface area contributed by atoms with Gasteiger partial charge in [0, 0.05) is 18.8 Å². The predicted octanol–water partition coefficient (Wildman–Crippen LogP) is 0.329. The number of allylic oxidation sites excluding steroid dienone is 1. The van der Waals surface area contributed by atoms with Crippen LogP contribution in [0, 0.1) is 0 Å². The highest BCUT2D eigenvalue weighted by Crippen LogP contribution is 2.25. The molecule has 0 amide bonds. The molecule has 0 radical (unpaired) electrons. The van der Waals surface area contributed by atoms with Crippen LogP contribution in [0.3, 0.4) is 0 Å². The minimum Gasteiger partial charge on any atom is -0.478 e. The van der Waals surface area contributed by atoms with Crippen LogP contribution in [0.2, 0.25) is 0 Å². The largest absolute Gasteiger partial charge is 0.478 e. The lowest BCUT2D eigenvalue weighted by atomic mass is 10.1. The molecular weight excluding hydrogens is 156 g/mol. The summed E-state index contributed by atoms with van der Waals surface area (Å²) in [5, 5.41) is 10.8. The molecule has 12 heavy (non-hydrogen) atoms. The third-order valence-electron chi connectivity index (χ3n) is 2.42. The number of hydrogen-bond donors (Lipinski definition) is 2. The lowest BCUT2D eigenvalue weighted by Crippen LogP contribution is -2.34. The zero-order valence-corrected chi connectivity index (χ0v) is 6.84. The standard InChI is InChI=1S/C8H12N2O2/c11-8(12)6-5-9-10-4-2-1-3-7(6)10/h9H,1-5H2,(H,11,12). The van der Waals surface area contributed by atoms with Crippen LogP contribution < -0.4 is 5.43 Å². The zero-order valence-electron chi connectivity index (χ0n) is 6.84. The number of hydrazine groups is 1. The van der Waals surface area contributed by atoms with Crippen molar-refractivity contribution < 1.29 is 9.90 Å². The summed E-state index contributed by atoms with van der Waals surface area (Å²) in [5.41, 5.74) is 4.61. The third-order valence-corrected chi connectivity index (χ3v) is 2.42. The predicted molar refractivity (Wildman–Crippen MR) is 43.2 cm³/mol. The van der Waals surface area contributed by atoms with Crippen molar-refractivity contribution in [3.63, 3.8) is 0 Å². The first-order chi connectivity index (χ1) is 5.79. The van der Waals surface area contributed by atoms with Crippen molar-refractivity contribution in [1.82, 2.24) is 10.4 Å². The van der Waals surface area contributed by atoms with Crippen molar-refractivity contribution in [2.45, 2.75) is 19.3 Å². The van der Waals surface area contributed by atoms with Gasteiger partial charge in [0.25, 0.3) is 0 Å². The molecule has 2 aliphatic rings. The van der Waals surface area contributed by atoms with Crippen LogP contribution in [0.25, 0.3) is 0 Å². The van der Waals surface area contributed by atoms with E-state index in [2.05, 4.69) is 5.43 Å². The Balaban J connectivity index is 2.25. The van der Waals surface area contributed by atoms with Crippen molar-refractivity contribution in [3.8, 4) is 0 Å². The van der Waals surface area contributed by atoms with E-state index in [1.807, 2.05) is 5.01 Å². The van der Waals surface area contributed by atoms with Gasteiger partial charge >= 0.3 is 5.97 Å². The number of fused-ring (bicyclic) bond motifs is 1. The molecule has 0 aliphatic carbocycles. The maximum absolute atomic E-state index is 10.7. The number of nitrogens with zero attached hydrogens (tertiary/aromatic N) is 1. The number of carboxylic acid groups (broad SMARTS) is 1. The summed E-state index contributed by atoms with van der Waals surface area (Å²) in [5.74, 6) is -0.776. The molecule has 4 heteroatoms. The summed E-state index contributed by atoms with van der Waals surface area (Å²) in [6.45, 7) is 1.44. The second-order valence-electron chi connectivity index (χ2n) is 3.17. The van der Waals surface area contributed by atoms with Crippen molar-refractivity contribution >= 4 is 5.97 Å². The Labute approximate surface area is 70.8 Å². The van der Waals surface area contributed by atoms with Gasteiger partial charge in [-0.1, -0.05) is 0 Å². The Morgan fingerprint density at radius 1 is 1.50 bits per heavy atom. The minimum absolute atomic E-state index is 0.491. The van der Waals surface area contributed by atoms with E-state index < -0.39 is 5.97 Å². The Kier molecular flexibility index (Phi) is 1.77. The third kappa shape index (κ3) is 1.08. The topological polar surface area (TPSA) is 52.6 Å². The molecule has 2 N–H and O–H groups in total. The van der Waals surface area contributed by atoms with E-state index in [4.69, 9.17) is 5.11 Å². The lowest BCUT2D eigenvalue weighted by Gasteiger charge is -2.26. The molecule has 2 aliphatic heterocycles. The highest BCUT2D eigenvalue weighted by molar-refractivity contribution is 5.88. The molecule has 0 unspecified atom stereocenters. The van der Waals surface area contributed by atoms with Gasteiger partial charge in [-0.3, -0.25) is 0 Å². The highest BCUT2D eigenvalue weighted by atomic mass is 16.4. The molecule has 0 atom stereocenters. The molecule has 1 saturated heterocycles. The molecule has 1 fully saturated rings. The number of carbonyl (C=O) groups is 1. The van der Waals surface area contributed by atoms with Gasteiger partial charge in [-0.25, -0.2) is 10.2 Å². The van der Waals surface area contributed by atoms with E-state index in [1.165, 1.54) is 0 Å². The lowest BCUT2D eigenvalue weighted by molar-refractivity contribution is -0.132. The quantitative estimate of drug-likeness (QED) is 0.592. The van der Waals surface area contributed by atoms with Crippen LogP contribution in [0.15, 0.2) is 11.3 Å². The molecule has 0 spiro atoms. The van der Waals surface area contributed by atoms with Gasteiger partial charge in [-0.15, -0.1) is 0 Å². The molecule has 4 nitrogen and oxygen atoms in total. The van der Waals surface area contributed by atoms with Gasteiger partial charge in [0.15, 0.2) is 0 Å². The molecule has 66 valence electrons. The van der Waals surface area contributed by atoms with Crippen LogP contribution in [0.4, 0.5) is 0 Å². The number of hydrogen-bond acceptors (Lipinski definition) is 3. The fourth-order valence-corrected chi connectivity index (χ4v) is 1.80. The maximum Gasteiger partial charge on any atom is 0.334 e. The number of rotatable bonds is 1. The van der Waals surface area contributed by atoms with Crippen LogP contribution in [-0.4, -0.2) is 29.2 Å². The van der Waals surface area contributed by atoms with Gasteiger partial charge < -0.3 is 10.1 Å². The van der Waals surface area contributed by atoms with Crippen LogP contribution in [0.5, 0.6) is 0 Å². The van der Waals surface area contributed by atoms with E-state index in [1.54, 1.807) is 0 Å². The van der Waals surface area contributed by atoms with E-state index in [0.29, 0.717) is 12.1 Å². The fraction of sp³-hybridized carbons (Fsp3) is 0.625. The van der Waals surface area contributed by atoms with Gasteiger partial charge in [0.2, 0.25) is 0 Å². The first-order valence-corrected chi connectivity index (χ1v) is 4.25. The SMILES string of the molecule is O=C(O)C1=C2CCCCN2NC1. The van der Waals surface area contributed by atoms with Crippen LogP contribution in [-0.2, 0) is 4.79 Å². The smallest absolute Gasteiger partial charge is 0.334 e. The van der Waals surface area contributed by atoms with Crippen LogP contribution in [0.1, 0.15) is 19.3 Å². The first kappa shape index (κ1) is 7.61. The second-order valence-corrected chi connectivity index (χ2v) is 3.17. The van der Waals surface area contributed by atoms with Crippen LogP contribution >= 0.6 is 0 Å². The van der Waals surface area contributed by atoms with Gasteiger partial charge in [0.1, 0.15) is 0 Å². The Bertz CT molecular complexity index is 247.